The largest absolute Gasteiger partial charge is 0.462 e. The number of ether oxygens (including phenoxy) is 18. The molecule has 6 aliphatic heterocycles. The van der Waals surface area contributed by atoms with Crippen LogP contribution in [0.1, 0.15) is 202 Å². The van der Waals surface area contributed by atoms with Crippen LogP contribution in [0.25, 0.3) is 5.70 Å². The number of hydrogen-bond acceptors (Lipinski definition) is 30. The number of allylic oxidation sites excluding steroid dienone is 6. The van der Waals surface area contributed by atoms with Crippen LogP contribution in [0.5, 0.6) is 0 Å². The fourth-order valence-corrected chi connectivity index (χ4v) is 23.4. The predicted molar refractivity (Wildman–Crippen MR) is 449 cm³/mol. The fourth-order valence-electron chi connectivity index (χ4n) is 23.4. The van der Waals surface area contributed by atoms with Gasteiger partial charge in [0.15, 0.2) is 36.7 Å². The Bertz CT molecular complexity index is 4050. The van der Waals surface area contributed by atoms with Crippen molar-refractivity contribution in [3.05, 3.63) is 53.2 Å². The zero-order chi connectivity index (χ0) is 89.7. The van der Waals surface area contributed by atoms with Gasteiger partial charge in [-0.05, 0) is 205 Å². The minimum atomic E-state index is -1.55. The number of halogens is 1. The molecule has 0 N–H and O–H groups in total. The number of ketones is 2. The molecule has 0 bridgehead atoms. The monoisotopic (exact) mass is 1760 g/mol. The number of Topliss-reactive ketones (excluding diaryl/α,β-unsaturated/α-hetero) is 2. The van der Waals surface area contributed by atoms with E-state index in [1.807, 2.05) is 47.6 Å². The van der Waals surface area contributed by atoms with Gasteiger partial charge in [-0.2, -0.15) is 0 Å². The Morgan fingerprint density at radius 2 is 0.944 bits per heavy atom. The number of rotatable bonds is 24. The highest BCUT2D eigenvalue weighted by Crippen LogP contribution is 2.62. The van der Waals surface area contributed by atoms with E-state index in [1.54, 1.807) is 64.4 Å². The molecule has 6 saturated heterocycles. The summed E-state index contributed by atoms with van der Waals surface area (Å²) in [5, 5.41) is 17.5. The number of alkyl halides is 1. The quantitative estimate of drug-likeness (QED) is 0.0696. The van der Waals surface area contributed by atoms with Crippen LogP contribution in [0.4, 0.5) is 4.39 Å². The van der Waals surface area contributed by atoms with Crippen molar-refractivity contribution in [2.45, 2.75) is 345 Å². The first-order valence-electron chi connectivity index (χ1n) is 46.0. The topological polar surface area (TPSA) is 336 Å². The molecule has 9 fully saturated rings. The smallest absolute Gasteiger partial charge is 0.306 e. The van der Waals surface area contributed by atoms with Crippen LogP contribution in [0.3, 0.4) is 0 Å². The van der Waals surface area contributed by atoms with Gasteiger partial charge in [0.05, 0.1) is 80.1 Å². The zero-order valence-corrected chi connectivity index (χ0v) is 77.1. The second-order valence-electron chi connectivity index (χ2n) is 37.6. The maximum absolute atomic E-state index is 18.1. The molecule has 36 atom stereocenters. The van der Waals surface area contributed by atoms with Crippen LogP contribution in [0.2, 0.25) is 0 Å². The minimum absolute atomic E-state index is 0.00241. The third kappa shape index (κ3) is 21.5. The van der Waals surface area contributed by atoms with Crippen molar-refractivity contribution in [1.82, 2.24) is 39.8 Å². The SMILES string of the molecule is CC[C@H]1CCC[C@H](O[C@H]2CC[C@H](N(C)C)C(C)O2)[C@@H](C)C(=O)C2=C[C@@H]3[C@@H](C=C(n4cc(COC(C)=O)nn4)[C@@H]4C[C@@H](O[C@@H]5OC(C)[C@H](OC)C(OC)[C@@H]5OC)C[C@@H]34)[C@@H]2CC(=O)O1.CC[C@H]1CCC[C@H](O[C@H]2CC[C@H](N(C)C)C(C)O2)[C@@H](C)C(=O)C2=C[C@H]3[C@@H]4C[C@H](O[C@@H]5OC(C)[C@H](OC)C(OC)[C@@H]5OC)C[C@H]4C(n4cc(COC(C)=O)nn4)C(F)[C@H]3[C@@H]2CC(=O)O1. The van der Waals surface area contributed by atoms with Gasteiger partial charge in [0, 0.05) is 110 Å². The molecular weight excluding hydrogens is 1620 g/mol. The standard InChI is InChI=1S/C46H71FN4O12.C46H70N4O12/c1-11-28-13-12-14-36(63-38-16-15-35(50(6)7)24(3)59-38)23(2)42(54)34-19-31-30-17-29(62-46-45(57-10)44(56-9)43(55-8)25(4)60-46)18-33(30)41(40(47)39(31)32(34)20-37(53)61-28)51-21-27(48-49-51)22-58-26(5)52;1-11-29-13-12-14-39(62-41-16-15-37(49(6)7)25(3)58-41)24(2)42(53)36-19-32-31-17-30(61-46-45(56-10)44(55-9)43(54-8)26(4)59-46)18-35(31)38(20-33(32)34(36)21-40(52)60-29)50-22-28(47-48-50)23-57-27(5)51/h19,21,23-25,28-33,35-36,38-41,43-46H,11-18,20,22H2,1-10H3;19-20,22,24-26,29-35,37,39,41,43-46H,11-18,21,23H2,1-10H3/t23-,24?,25?,28+,29+,30+,31+,32-,33-,35+,36+,38+,39-,40?,41?,43+,44?,45+,46+;24-,25?,26?,29+,30+,31+,32+,33-,34+,35-,37+,39+,41+,43+,44?,45+,46+/m11/s1. The molecule has 33 heteroatoms. The van der Waals surface area contributed by atoms with Crippen LogP contribution in [0.15, 0.2) is 41.8 Å². The van der Waals surface area contributed by atoms with E-state index < -0.39 is 121 Å². The Balaban J connectivity index is 0.000000215. The van der Waals surface area contributed by atoms with E-state index in [0.717, 1.165) is 31.4 Å². The number of fused-ring (bicyclic) bond motifs is 10. The van der Waals surface area contributed by atoms with Crippen molar-refractivity contribution < 1.29 is 118 Å². The summed E-state index contributed by atoms with van der Waals surface area (Å²) < 4.78 is 132. The molecule has 2 aromatic rings. The van der Waals surface area contributed by atoms with Crippen molar-refractivity contribution in [2.24, 2.45) is 71.0 Å². The number of esters is 4. The Morgan fingerprint density at radius 3 is 1.42 bits per heavy atom. The molecule has 8 unspecified atom stereocenters. The number of nitrogens with zero attached hydrogens (tertiary/aromatic N) is 8. The molecule has 0 amide bonds. The normalized spacial score (nSPS) is 41.4. The third-order valence-corrected chi connectivity index (χ3v) is 29.7. The average molecular weight is 1760 g/mol. The molecule has 12 aliphatic rings. The predicted octanol–water partition coefficient (Wildman–Crippen LogP) is 10.3. The molecule has 0 spiro atoms. The Labute approximate surface area is 736 Å². The van der Waals surface area contributed by atoms with E-state index in [1.165, 1.54) is 13.8 Å². The van der Waals surface area contributed by atoms with E-state index in [0.29, 0.717) is 106 Å². The number of likely N-dealkylation sites (N-methyl/N-ethyl adjacent to an activating group) is 2. The van der Waals surface area contributed by atoms with Gasteiger partial charge in [-0.3, -0.25) is 28.8 Å². The Morgan fingerprint density at radius 1 is 0.488 bits per heavy atom. The van der Waals surface area contributed by atoms with Crippen molar-refractivity contribution >= 4 is 41.1 Å². The molecule has 2 aromatic heterocycles. The van der Waals surface area contributed by atoms with Crippen LogP contribution >= 0.6 is 0 Å². The van der Waals surface area contributed by atoms with Gasteiger partial charge in [0.1, 0.15) is 79.6 Å². The highest BCUT2D eigenvalue weighted by Gasteiger charge is 2.63. The lowest BCUT2D eigenvalue weighted by atomic mass is 9.63. The maximum atomic E-state index is 18.1. The highest BCUT2D eigenvalue weighted by molar-refractivity contribution is 6.00. The number of aromatic nitrogens is 6. The van der Waals surface area contributed by atoms with Gasteiger partial charge in [-0.1, -0.05) is 56.3 Å². The van der Waals surface area contributed by atoms with Gasteiger partial charge in [-0.25, -0.2) is 13.8 Å². The van der Waals surface area contributed by atoms with Gasteiger partial charge in [0.25, 0.3) is 0 Å². The van der Waals surface area contributed by atoms with Crippen LogP contribution in [-0.4, -0.2) is 287 Å². The summed E-state index contributed by atoms with van der Waals surface area (Å²) >= 11 is 0. The first kappa shape index (κ1) is 96.6. The molecule has 6 aliphatic carbocycles. The molecule has 0 aromatic carbocycles. The van der Waals surface area contributed by atoms with Crippen LogP contribution < -0.4 is 0 Å². The number of hydrogen-bond donors (Lipinski definition) is 0. The van der Waals surface area contributed by atoms with Gasteiger partial charge in [0.2, 0.25) is 0 Å². The molecule has 125 heavy (non-hydrogen) atoms. The minimum Gasteiger partial charge on any atom is -0.462 e. The number of methoxy groups -OCH3 is 6. The molecule has 0 radical (unpaired) electrons. The Hall–Kier alpha value is -5.99. The van der Waals surface area contributed by atoms with E-state index in [2.05, 4.69) is 84.6 Å². The lowest BCUT2D eigenvalue weighted by molar-refractivity contribution is -0.314. The molecular formula is C92H141FN8O24. The second-order valence-corrected chi connectivity index (χ2v) is 37.6. The Kier molecular flexibility index (Phi) is 33.2. The van der Waals surface area contributed by atoms with E-state index >= 15 is 14.0 Å². The zero-order valence-electron chi connectivity index (χ0n) is 77.1. The number of carbonyl (C=O) groups excluding carboxylic acids is 6. The van der Waals surface area contributed by atoms with E-state index in [4.69, 9.17) is 85.3 Å². The first-order chi connectivity index (χ1) is 59.9. The summed E-state index contributed by atoms with van der Waals surface area (Å²) in [5.41, 5.74) is 2.90. The van der Waals surface area contributed by atoms with Crippen LogP contribution in [-0.2, 0) is 127 Å². The van der Waals surface area contributed by atoms with Crippen molar-refractivity contribution in [3.8, 4) is 0 Å². The lowest BCUT2D eigenvalue weighted by Crippen LogP contribution is -2.59. The molecule has 32 nitrogen and oxygen atoms in total. The first-order valence-corrected chi connectivity index (χ1v) is 46.0. The van der Waals surface area contributed by atoms with Crippen molar-refractivity contribution in [3.63, 3.8) is 0 Å². The average Bonchev–Trinajstić information content (AvgIpc) is 1.57. The van der Waals surface area contributed by atoms with E-state index in [-0.39, 0.29) is 152 Å². The summed E-state index contributed by atoms with van der Waals surface area (Å²) in [5.74, 6) is -5.93. The second kappa shape index (κ2) is 42.9. The summed E-state index contributed by atoms with van der Waals surface area (Å²) in [4.78, 5) is 85.7. The lowest BCUT2D eigenvalue weighted by Gasteiger charge is -2.45. The summed E-state index contributed by atoms with van der Waals surface area (Å²) in [6, 6.07) is -0.270. The van der Waals surface area contributed by atoms with Gasteiger partial charge in [-0.15, -0.1) is 10.2 Å². The molecule has 3 saturated carbocycles. The third-order valence-electron chi connectivity index (χ3n) is 29.7. The van der Waals surface area contributed by atoms with Crippen LogP contribution in [0, 0.1) is 71.0 Å². The maximum Gasteiger partial charge on any atom is 0.306 e. The highest BCUT2D eigenvalue weighted by atomic mass is 19.1. The molecule has 14 rings (SSSR count). The molecule has 8 heterocycles. The fraction of sp³-hybridized carbons (Fsp3) is 0.826. The molecule has 700 valence electrons. The van der Waals surface area contributed by atoms with Gasteiger partial charge >= 0.3 is 23.9 Å². The van der Waals surface area contributed by atoms with E-state index in [9.17, 15) is 19.2 Å². The van der Waals surface area contributed by atoms with Crippen molar-refractivity contribution in [2.75, 3.05) is 70.8 Å². The number of carbonyl (C=O) groups is 6. The van der Waals surface area contributed by atoms with Crippen molar-refractivity contribution in [1.29, 1.82) is 0 Å². The summed E-state index contributed by atoms with van der Waals surface area (Å²) in [6.07, 6.45) is 11.1. The summed E-state index contributed by atoms with van der Waals surface area (Å²) in [6.45, 7) is 18.5. The number of cyclic esters (lactones) is 2. The van der Waals surface area contributed by atoms with Gasteiger partial charge < -0.3 is 95.1 Å². The summed E-state index contributed by atoms with van der Waals surface area (Å²) in [7, 11) is 17.9.